The van der Waals surface area contributed by atoms with Crippen LogP contribution < -0.4 is 10.0 Å². The van der Waals surface area contributed by atoms with Crippen LogP contribution in [0.3, 0.4) is 0 Å². The molecule has 0 bridgehead atoms. The van der Waals surface area contributed by atoms with Gasteiger partial charge in [0.15, 0.2) is 0 Å². The highest BCUT2D eigenvalue weighted by Gasteiger charge is 2.35. The van der Waals surface area contributed by atoms with Gasteiger partial charge in [0.1, 0.15) is 10.6 Å². The molecule has 0 amide bonds. The highest BCUT2D eigenvalue weighted by Crippen LogP contribution is 2.30. The van der Waals surface area contributed by atoms with Gasteiger partial charge in [-0.3, -0.25) is 4.98 Å². The lowest BCUT2D eigenvalue weighted by Crippen LogP contribution is -2.47. The van der Waals surface area contributed by atoms with Crippen molar-refractivity contribution >= 4 is 10.0 Å². The summed E-state index contributed by atoms with van der Waals surface area (Å²) in [4.78, 5) is 2.89. The molecular weight excluding hydrogens is 347 g/mol. The van der Waals surface area contributed by atoms with E-state index in [0.29, 0.717) is 12.7 Å². The van der Waals surface area contributed by atoms with Crippen LogP contribution in [0.15, 0.2) is 23.2 Å². The van der Waals surface area contributed by atoms with Crippen LogP contribution in [0.1, 0.15) is 18.5 Å². The van der Waals surface area contributed by atoms with E-state index in [9.17, 15) is 21.6 Å². The Bertz CT molecular complexity index is 636. The van der Waals surface area contributed by atoms with Crippen LogP contribution in [0.25, 0.3) is 0 Å². The molecule has 10 heteroatoms. The van der Waals surface area contributed by atoms with Gasteiger partial charge in [-0.15, -0.1) is 0 Å². The molecule has 0 saturated carbocycles. The minimum Gasteiger partial charge on any atom is -0.384 e. The number of hydrogen-bond acceptors (Lipinski definition) is 5. The number of nitrogens with one attached hydrogen (secondary N) is 2. The Morgan fingerprint density at radius 3 is 2.50 bits per heavy atom. The Labute approximate surface area is 138 Å². The van der Waals surface area contributed by atoms with Crippen LogP contribution in [0.5, 0.6) is 0 Å². The van der Waals surface area contributed by atoms with E-state index in [1.165, 1.54) is 0 Å². The van der Waals surface area contributed by atoms with Crippen molar-refractivity contribution in [1.82, 2.24) is 15.0 Å². The minimum absolute atomic E-state index is 0.159. The van der Waals surface area contributed by atoms with Crippen molar-refractivity contribution in [1.29, 1.82) is 0 Å². The smallest absolute Gasteiger partial charge is 0.384 e. The number of sulfonamides is 1. The molecule has 24 heavy (non-hydrogen) atoms. The van der Waals surface area contributed by atoms with Crippen LogP contribution in [-0.4, -0.2) is 46.8 Å². The molecule has 2 heterocycles. The number of pyridine rings is 1. The van der Waals surface area contributed by atoms with Crippen LogP contribution in [-0.2, 0) is 20.9 Å². The maximum atomic E-state index is 12.5. The van der Waals surface area contributed by atoms with E-state index in [4.69, 9.17) is 4.74 Å². The normalized spacial score (nSPS) is 18.5. The Hall–Kier alpha value is -1.23. The number of methoxy groups -OCH3 is 1. The lowest BCUT2D eigenvalue weighted by molar-refractivity contribution is -0.141. The second-order valence-corrected chi connectivity index (χ2v) is 7.65. The molecular formula is C14H20F3N3O3S. The van der Waals surface area contributed by atoms with E-state index in [2.05, 4.69) is 15.0 Å². The summed E-state index contributed by atoms with van der Waals surface area (Å²) in [5.41, 5.74) is -1.46. The predicted octanol–water partition coefficient (Wildman–Crippen LogP) is 1.39. The van der Waals surface area contributed by atoms with Crippen molar-refractivity contribution in [2.45, 2.75) is 23.9 Å². The molecule has 1 saturated heterocycles. The van der Waals surface area contributed by atoms with Gasteiger partial charge in [-0.25, -0.2) is 13.1 Å². The average molecular weight is 367 g/mol. The molecule has 0 spiro atoms. The first-order chi connectivity index (χ1) is 11.2. The molecule has 136 valence electrons. The number of halogens is 3. The van der Waals surface area contributed by atoms with Gasteiger partial charge < -0.3 is 10.1 Å². The molecule has 0 unspecified atom stereocenters. The molecule has 0 atom stereocenters. The quantitative estimate of drug-likeness (QED) is 0.794. The Kier molecular flexibility index (Phi) is 5.84. The Morgan fingerprint density at radius 2 is 2.00 bits per heavy atom. The molecule has 2 N–H and O–H groups in total. The molecule has 0 aliphatic carbocycles. The van der Waals surface area contributed by atoms with Gasteiger partial charge in [0, 0.05) is 25.3 Å². The van der Waals surface area contributed by atoms with Gasteiger partial charge in [-0.05, 0) is 38.1 Å². The monoisotopic (exact) mass is 367 g/mol. The topological polar surface area (TPSA) is 80.3 Å². The van der Waals surface area contributed by atoms with Crippen molar-refractivity contribution in [3.63, 3.8) is 0 Å². The van der Waals surface area contributed by atoms with Crippen molar-refractivity contribution in [3.8, 4) is 0 Å². The molecule has 1 aromatic heterocycles. The lowest BCUT2D eigenvalue weighted by atomic mass is 9.80. The number of rotatable bonds is 6. The number of piperidine rings is 1. The maximum Gasteiger partial charge on any atom is 0.433 e. The summed E-state index contributed by atoms with van der Waals surface area (Å²) in [5.74, 6) is 0. The fraction of sp³-hybridized carbons (Fsp3) is 0.643. The van der Waals surface area contributed by atoms with E-state index < -0.39 is 21.9 Å². The van der Waals surface area contributed by atoms with E-state index in [0.717, 1.165) is 38.2 Å². The number of ether oxygens (including phenoxy) is 1. The van der Waals surface area contributed by atoms with Crippen LogP contribution in [0.2, 0.25) is 0 Å². The number of aromatic nitrogens is 1. The van der Waals surface area contributed by atoms with E-state index in [1.807, 2.05) is 0 Å². The summed E-state index contributed by atoms with van der Waals surface area (Å²) in [7, 11) is -2.38. The molecule has 1 aromatic rings. The molecule has 1 fully saturated rings. The van der Waals surface area contributed by atoms with Gasteiger partial charge in [0.2, 0.25) is 10.0 Å². The maximum absolute atomic E-state index is 12.5. The van der Waals surface area contributed by atoms with Crippen LogP contribution in [0.4, 0.5) is 13.2 Å². The molecule has 1 aliphatic heterocycles. The largest absolute Gasteiger partial charge is 0.433 e. The van der Waals surface area contributed by atoms with Crippen LogP contribution in [0, 0.1) is 5.41 Å². The molecule has 6 nitrogen and oxygen atoms in total. The third-order valence-electron chi connectivity index (χ3n) is 4.09. The summed E-state index contributed by atoms with van der Waals surface area (Å²) < 4.78 is 69.8. The zero-order chi connectivity index (χ0) is 17.8. The van der Waals surface area contributed by atoms with E-state index in [1.54, 1.807) is 7.11 Å². The fourth-order valence-corrected chi connectivity index (χ4v) is 3.78. The van der Waals surface area contributed by atoms with E-state index in [-0.39, 0.29) is 16.9 Å². The number of alkyl halides is 3. The van der Waals surface area contributed by atoms with Gasteiger partial charge in [0.25, 0.3) is 0 Å². The summed E-state index contributed by atoms with van der Waals surface area (Å²) >= 11 is 0. The summed E-state index contributed by atoms with van der Waals surface area (Å²) in [5, 5.41) is 3.20. The molecule has 0 aromatic carbocycles. The summed E-state index contributed by atoms with van der Waals surface area (Å²) in [6.07, 6.45) is -2.40. The SMILES string of the molecule is COCC1(CNS(=O)(=O)c2ccc(C(F)(F)F)nc2)CCNCC1. The summed E-state index contributed by atoms with van der Waals surface area (Å²) in [6.45, 7) is 2.08. The Morgan fingerprint density at radius 1 is 1.33 bits per heavy atom. The standard InChI is InChI=1S/C14H20F3N3O3S/c1-23-10-13(4-6-18-7-5-13)9-20-24(21,22)11-2-3-12(19-8-11)14(15,16)17/h2-3,8,18,20H,4-7,9-10H2,1H3. The van der Waals surface area contributed by atoms with Gasteiger partial charge >= 0.3 is 6.18 Å². The van der Waals surface area contributed by atoms with Gasteiger partial charge in [-0.2, -0.15) is 13.2 Å². The molecule has 0 radical (unpaired) electrons. The first-order valence-electron chi connectivity index (χ1n) is 7.41. The third-order valence-corrected chi connectivity index (χ3v) is 5.48. The zero-order valence-corrected chi connectivity index (χ0v) is 14.0. The average Bonchev–Trinajstić information content (AvgIpc) is 2.54. The molecule has 2 rings (SSSR count). The first kappa shape index (κ1) is 19.1. The number of hydrogen-bond donors (Lipinski definition) is 2. The molecule has 1 aliphatic rings. The second kappa shape index (κ2) is 7.34. The lowest BCUT2D eigenvalue weighted by Gasteiger charge is -2.37. The van der Waals surface area contributed by atoms with Crippen molar-refractivity contribution in [2.75, 3.05) is 33.4 Å². The predicted molar refractivity (Wildman–Crippen MR) is 80.8 cm³/mol. The highest BCUT2D eigenvalue weighted by molar-refractivity contribution is 7.89. The first-order valence-corrected chi connectivity index (χ1v) is 8.89. The second-order valence-electron chi connectivity index (χ2n) is 5.88. The van der Waals surface area contributed by atoms with E-state index >= 15 is 0 Å². The summed E-state index contributed by atoms with van der Waals surface area (Å²) in [6, 6.07) is 1.56. The zero-order valence-electron chi connectivity index (χ0n) is 13.2. The minimum atomic E-state index is -4.60. The van der Waals surface area contributed by atoms with Crippen molar-refractivity contribution in [2.24, 2.45) is 5.41 Å². The third kappa shape index (κ3) is 4.65. The number of nitrogens with zero attached hydrogens (tertiary/aromatic N) is 1. The fourth-order valence-electron chi connectivity index (χ4n) is 2.67. The van der Waals surface area contributed by atoms with Crippen molar-refractivity contribution < 1.29 is 26.3 Å². The van der Waals surface area contributed by atoms with Gasteiger partial charge in [0.05, 0.1) is 6.61 Å². The highest BCUT2D eigenvalue weighted by atomic mass is 32.2. The Balaban J connectivity index is 2.10. The van der Waals surface area contributed by atoms with Crippen molar-refractivity contribution in [3.05, 3.63) is 24.0 Å². The van der Waals surface area contributed by atoms with Crippen LogP contribution >= 0.6 is 0 Å². The van der Waals surface area contributed by atoms with Gasteiger partial charge in [-0.1, -0.05) is 0 Å².